The highest BCUT2D eigenvalue weighted by molar-refractivity contribution is 6.00. The molecule has 0 radical (unpaired) electrons. The molecule has 1 aromatic carbocycles. The van der Waals surface area contributed by atoms with Crippen LogP contribution in [-0.4, -0.2) is 48.0 Å². The molecule has 4 rings (SSSR count). The summed E-state index contributed by atoms with van der Waals surface area (Å²) < 4.78 is 5.09. The van der Waals surface area contributed by atoms with E-state index < -0.39 is 0 Å². The lowest BCUT2D eigenvalue weighted by Gasteiger charge is -2.33. The van der Waals surface area contributed by atoms with E-state index in [1.54, 1.807) is 6.07 Å². The standard InChI is InChI=1S/C22H28N4O3/c1-15-12-18(29-25-15)13-20(27)24-14-16-7-10-26(11-8-16)22(28)19-6-2-4-17-5-3-9-23-21(17)19/h2,4,6,12,16,23H,3,5,7-11,13-14H2,1H3,(H,24,27). The molecule has 29 heavy (non-hydrogen) atoms. The molecule has 0 spiro atoms. The predicted molar refractivity (Wildman–Crippen MR) is 110 cm³/mol. The number of hydrogen-bond donors (Lipinski definition) is 2. The number of nitrogens with one attached hydrogen (secondary N) is 2. The summed E-state index contributed by atoms with van der Waals surface area (Å²) in [7, 11) is 0. The van der Waals surface area contributed by atoms with Crippen molar-refractivity contribution in [1.82, 2.24) is 15.4 Å². The molecule has 2 aliphatic heterocycles. The number of amides is 2. The lowest BCUT2D eigenvalue weighted by molar-refractivity contribution is -0.121. The van der Waals surface area contributed by atoms with E-state index in [-0.39, 0.29) is 18.2 Å². The Morgan fingerprint density at radius 2 is 2.14 bits per heavy atom. The number of carbonyl (C=O) groups excluding carboxylic acids is 2. The average Bonchev–Trinajstić information content (AvgIpc) is 3.16. The summed E-state index contributed by atoms with van der Waals surface area (Å²) in [5.74, 6) is 1.03. The summed E-state index contributed by atoms with van der Waals surface area (Å²) in [5.41, 5.74) is 3.82. The Morgan fingerprint density at radius 1 is 1.31 bits per heavy atom. The Labute approximate surface area is 170 Å². The zero-order chi connectivity index (χ0) is 20.2. The van der Waals surface area contributed by atoms with Crippen LogP contribution in [0.3, 0.4) is 0 Å². The van der Waals surface area contributed by atoms with E-state index in [0.29, 0.717) is 18.2 Å². The second-order valence-electron chi connectivity index (χ2n) is 8.02. The number of aryl methyl sites for hydroxylation is 2. The second kappa shape index (κ2) is 8.68. The molecule has 1 saturated heterocycles. The third-order valence-corrected chi connectivity index (χ3v) is 5.81. The monoisotopic (exact) mass is 396 g/mol. The van der Waals surface area contributed by atoms with Crippen LogP contribution < -0.4 is 10.6 Å². The number of piperidine rings is 1. The van der Waals surface area contributed by atoms with Crippen molar-refractivity contribution in [3.8, 4) is 0 Å². The molecule has 2 amide bonds. The average molecular weight is 396 g/mol. The van der Waals surface area contributed by atoms with Crippen LogP contribution in [0.2, 0.25) is 0 Å². The van der Waals surface area contributed by atoms with Gasteiger partial charge in [-0.1, -0.05) is 17.3 Å². The molecule has 0 atom stereocenters. The van der Waals surface area contributed by atoms with E-state index >= 15 is 0 Å². The van der Waals surface area contributed by atoms with Gasteiger partial charge in [-0.2, -0.15) is 0 Å². The Balaban J connectivity index is 1.26. The first kappa shape index (κ1) is 19.5. The van der Waals surface area contributed by atoms with Crippen LogP contribution in [0.1, 0.15) is 46.6 Å². The van der Waals surface area contributed by atoms with Crippen molar-refractivity contribution in [2.24, 2.45) is 5.92 Å². The van der Waals surface area contributed by atoms with Gasteiger partial charge < -0.3 is 20.1 Å². The van der Waals surface area contributed by atoms with Crippen molar-refractivity contribution in [1.29, 1.82) is 0 Å². The second-order valence-corrected chi connectivity index (χ2v) is 8.02. The Morgan fingerprint density at radius 3 is 2.90 bits per heavy atom. The third kappa shape index (κ3) is 4.60. The van der Waals surface area contributed by atoms with Gasteiger partial charge in [0.1, 0.15) is 5.76 Å². The molecule has 1 aromatic heterocycles. The van der Waals surface area contributed by atoms with Crippen molar-refractivity contribution in [3.05, 3.63) is 46.8 Å². The van der Waals surface area contributed by atoms with E-state index in [0.717, 1.165) is 62.3 Å². The molecule has 0 bridgehead atoms. The molecule has 1 fully saturated rings. The number of rotatable bonds is 5. The number of benzene rings is 1. The van der Waals surface area contributed by atoms with Gasteiger partial charge in [-0.15, -0.1) is 0 Å². The summed E-state index contributed by atoms with van der Waals surface area (Å²) in [5, 5.41) is 10.2. The van der Waals surface area contributed by atoms with Crippen molar-refractivity contribution in [3.63, 3.8) is 0 Å². The van der Waals surface area contributed by atoms with E-state index in [4.69, 9.17) is 4.52 Å². The lowest BCUT2D eigenvalue weighted by atomic mass is 9.95. The summed E-state index contributed by atoms with van der Waals surface area (Å²) in [6.07, 6.45) is 4.15. The lowest BCUT2D eigenvalue weighted by Crippen LogP contribution is -2.42. The maximum Gasteiger partial charge on any atom is 0.255 e. The number of hydrogen-bond acceptors (Lipinski definition) is 5. The van der Waals surface area contributed by atoms with Gasteiger partial charge >= 0.3 is 0 Å². The van der Waals surface area contributed by atoms with Gasteiger partial charge in [-0.3, -0.25) is 9.59 Å². The third-order valence-electron chi connectivity index (χ3n) is 5.81. The van der Waals surface area contributed by atoms with Gasteiger partial charge in [0.2, 0.25) is 5.91 Å². The van der Waals surface area contributed by atoms with Crippen LogP contribution >= 0.6 is 0 Å². The minimum Gasteiger partial charge on any atom is -0.384 e. The van der Waals surface area contributed by atoms with Crippen molar-refractivity contribution in [2.75, 3.05) is 31.5 Å². The minimum atomic E-state index is -0.0540. The van der Waals surface area contributed by atoms with E-state index in [2.05, 4.69) is 21.9 Å². The maximum absolute atomic E-state index is 13.0. The van der Waals surface area contributed by atoms with Gasteiger partial charge in [0.15, 0.2) is 0 Å². The van der Waals surface area contributed by atoms with Crippen molar-refractivity contribution in [2.45, 2.75) is 39.0 Å². The Bertz CT molecular complexity index is 884. The van der Waals surface area contributed by atoms with Crippen LogP contribution in [0.4, 0.5) is 5.69 Å². The van der Waals surface area contributed by atoms with Gasteiger partial charge in [-0.05, 0) is 50.2 Å². The normalized spacial score (nSPS) is 16.8. The molecule has 0 unspecified atom stereocenters. The van der Waals surface area contributed by atoms with Gasteiger partial charge in [-0.25, -0.2) is 0 Å². The molecule has 3 heterocycles. The number of nitrogens with zero attached hydrogens (tertiary/aromatic N) is 2. The molecular weight excluding hydrogens is 368 g/mol. The molecule has 7 nitrogen and oxygen atoms in total. The topological polar surface area (TPSA) is 87.5 Å². The van der Waals surface area contributed by atoms with Crippen LogP contribution in [0.15, 0.2) is 28.8 Å². The number of carbonyl (C=O) groups is 2. The first-order chi connectivity index (χ1) is 14.1. The molecule has 154 valence electrons. The number of fused-ring (bicyclic) bond motifs is 1. The fourth-order valence-corrected chi connectivity index (χ4v) is 4.18. The van der Waals surface area contributed by atoms with Crippen LogP contribution in [0.25, 0.3) is 0 Å². The molecular formula is C22H28N4O3. The Hall–Kier alpha value is -2.83. The highest BCUT2D eigenvalue weighted by Gasteiger charge is 2.26. The van der Waals surface area contributed by atoms with E-state index in [9.17, 15) is 9.59 Å². The summed E-state index contributed by atoms with van der Waals surface area (Å²) in [6.45, 7) is 4.85. The number of para-hydroxylation sites is 1. The molecule has 0 saturated carbocycles. The molecule has 7 heteroatoms. The fraction of sp³-hybridized carbons (Fsp3) is 0.500. The van der Waals surface area contributed by atoms with Gasteiger partial charge in [0.25, 0.3) is 5.91 Å². The minimum absolute atomic E-state index is 0.0540. The zero-order valence-corrected chi connectivity index (χ0v) is 16.9. The summed E-state index contributed by atoms with van der Waals surface area (Å²) in [6, 6.07) is 7.79. The summed E-state index contributed by atoms with van der Waals surface area (Å²) in [4.78, 5) is 27.1. The number of likely N-dealkylation sites (tertiary alicyclic amines) is 1. The molecule has 2 N–H and O–H groups in total. The first-order valence-electron chi connectivity index (χ1n) is 10.4. The van der Waals surface area contributed by atoms with Crippen LogP contribution in [0, 0.1) is 12.8 Å². The molecule has 2 aromatic rings. The van der Waals surface area contributed by atoms with Crippen LogP contribution in [0.5, 0.6) is 0 Å². The SMILES string of the molecule is Cc1cc(CC(=O)NCC2CCN(C(=O)c3cccc4c3NCCC4)CC2)on1. The van der Waals surface area contributed by atoms with Crippen molar-refractivity contribution >= 4 is 17.5 Å². The van der Waals surface area contributed by atoms with Crippen molar-refractivity contribution < 1.29 is 14.1 Å². The first-order valence-corrected chi connectivity index (χ1v) is 10.4. The predicted octanol–water partition coefficient (Wildman–Crippen LogP) is 2.55. The quantitative estimate of drug-likeness (QED) is 0.811. The van der Waals surface area contributed by atoms with E-state index in [1.807, 2.05) is 24.0 Å². The van der Waals surface area contributed by atoms with Gasteiger partial charge in [0, 0.05) is 32.2 Å². The smallest absolute Gasteiger partial charge is 0.255 e. The zero-order valence-electron chi connectivity index (χ0n) is 16.9. The fourth-order valence-electron chi connectivity index (χ4n) is 4.18. The largest absolute Gasteiger partial charge is 0.384 e. The highest BCUT2D eigenvalue weighted by Crippen LogP contribution is 2.28. The van der Waals surface area contributed by atoms with E-state index in [1.165, 1.54) is 5.56 Å². The Kier molecular flexibility index (Phi) is 5.83. The molecule has 2 aliphatic rings. The summed E-state index contributed by atoms with van der Waals surface area (Å²) >= 11 is 0. The van der Waals surface area contributed by atoms with Crippen LogP contribution in [-0.2, 0) is 17.6 Å². The molecule has 0 aliphatic carbocycles. The highest BCUT2D eigenvalue weighted by atomic mass is 16.5. The number of anilines is 1. The van der Waals surface area contributed by atoms with Gasteiger partial charge in [0.05, 0.1) is 23.4 Å². The number of aromatic nitrogens is 1. The maximum atomic E-state index is 13.0.